The molecule has 6 heteroatoms. The fourth-order valence-electron chi connectivity index (χ4n) is 12.7. The van der Waals surface area contributed by atoms with Gasteiger partial charge >= 0.3 is 5.97 Å². The van der Waals surface area contributed by atoms with Crippen LogP contribution in [0.4, 0.5) is 0 Å². The third-order valence-corrected chi connectivity index (χ3v) is 18.7. The highest BCUT2D eigenvalue weighted by molar-refractivity contribution is 5.76. The lowest BCUT2D eigenvalue weighted by Crippen LogP contribution is -2.45. The van der Waals surface area contributed by atoms with Crippen LogP contribution in [0.15, 0.2) is 24.3 Å². The molecule has 0 aliphatic rings. The zero-order valence-corrected chi connectivity index (χ0v) is 58.6. The molecule has 0 spiro atoms. The van der Waals surface area contributed by atoms with Crippen molar-refractivity contribution in [1.82, 2.24) is 5.32 Å². The summed E-state index contributed by atoms with van der Waals surface area (Å²) in [5, 5.41) is 23.3. The van der Waals surface area contributed by atoms with Crippen molar-refractivity contribution >= 4 is 11.9 Å². The molecule has 0 aromatic heterocycles. The van der Waals surface area contributed by atoms with E-state index in [-0.39, 0.29) is 18.5 Å². The predicted octanol–water partition coefficient (Wildman–Crippen LogP) is 26.0. The number of hydrogen-bond donors (Lipinski definition) is 3. The second-order valence-corrected chi connectivity index (χ2v) is 27.4. The van der Waals surface area contributed by atoms with E-state index in [0.717, 1.165) is 44.9 Å². The van der Waals surface area contributed by atoms with Crippen LogP contribution in [0.25, 0.3) is 0 Å². The van der Waals surface area contributed by atoms with Gasteiger partial charge in [0.25, 0.3) is 0 Å². The molecule has 0 fully saturated rings. The fraction of sp³-hybridized carbons (Fsp3) is 0.925. The van der Waals surface area contributed by atoms with E-state index in [9.17, 15) is 19.8 Å². The molecule has 2 unspecified atom stereocenters. The van der Waals surface area contributed by atoms with Gasteiger partial charge in [0, 0.05) is 12.8 Å². The normalized spacial score (nSPS) is 12.6. The van der Waals surface area contributed by atoms with E-state index < -0.39 is 12.1 Å². The van der Waals surface area contributed by atoms with Crippen LogP contribution in [0.2, 0.25) is 0 Å². The van der Waals surface area contributed by atoms with Gasteiger partial charge in [-0.25, -0.2) is 0 Å². The Balaban J connectivity index is 3.36. The van der Waals surface area contributed by atoms with Gasteiger partial charge in [-0.3, -0.25) is 9.59 Å². The Bertz CT molecular complexity index is 1350. The number of esters is 1. The molecule has 0 aromatic carbocycles. The van der Waals surface area contributed by atoms with Gasteiger partial charge in [0.2, 0.25) is 5.91 Å². The molecule has 0 aliphatic carbocycles. The van der Waals surface area contributed by atoms with Crippen LogP contribution >= 0.6 is 0 Å². The first-order valence-corrected chi connectivity index (χ1v) is 39.6. The van der Waals surface area contributed by atoms with Gasteiger partial charge < -0.3 is 20.3 Å². The van der Waals surface area contributed by atoms with Crippen molar-refractivity contribution in [1.29, 1.82) is 0 Å². The number of allylic oxidation sites excluding steroid dienone is 3. The Hall–Kier alpha value is -1.66. The Morgan fingerprint density at radius 2 is 0.547 bits per heavy atom. The van der Waals surface area contributed by atoms with Crippen LogP contribution in [-0.2, 0) is 14.3 Å². The summed E-state index contributed by atoms with van der Waals surface area (Å²) in [4.78, 5) is 24.7. The summed E-state index contributed by atoms with van der Waals surface area (Å²) in [7, 11) is 0. The summed E-state index contributed by atoms with van der Waals surface area (Å²) in [6, 6.07) is -0.626. The zero-order chi connectivity index (χ0) is 62.0. The van der Waals surface area contributed by atoms with Gasteiger partial charge in [0.15, 0.2) is 0 Å². The van der Waals surface area contributed by atoms with Gasteiger partial charge in [0.05, 0.1) is 25.4 Å². The van der Waals surface area contributed by atoms with E-state index in [0.29, 0.717) is 19.4 Å². The molecule has 6 nitrogen and oxygen atoms in total. The Morgan fingerprint density at radius 1 is 0.314 bits per heavy atom. The number of aliphatic hydroxyl groups excluding tert-OH is 2. The Morgan fingerprint density at radius 3 is 0.826 bits per heavy atom. The first kappa shape index (κ1) is 84.3. The number of carbonyl (C=O) groups is 2. The van der Waals surface area contributed by atoms with Crippen LogP contribution in [0.1, 0.15) is 450 Å². The van der Waals surface area contributed by atoms with E-state index in [2.05, 4.69) is 31.3 Å². The van der Waals surface area contributed by atoms with Gasteiger partial charge in [-0.15, -0.1) is 0 Å². The summed E-state index contributed by atoms with van der Waals surface area (Å²) in [5.74, 6) is -0.0424. The average molecular weight is 1210 g/mol. The molecule has 0 rings (SSSR count). The van der Waals surface area contributed by atoms with Crippen molar-refractivity contribution in [2.75, 3.05) is 13.2 Å². The molecular formula is C80H155NO5. The van der Waals surface area contributed by atoms with Crippen LogP contribution < -0.4 is 5.32 Å². The third-order valence-electron chi connectivity index (χ3n) is 18.7. The van der Waals surface area contributed by atoms with Crippen LogP contribution in [0.5, 0.6) is 0 Å². The smallest absolute Gasteiger partial charge is 0.305 e. The minimum absolute atomic E-state index is 0.0169. The lowest BCUT2D eigenvalue weighted by Gasteiger charge is -2.20. The predicted molar refractivity (Wildman–Crippen MR) is 380 cm³/mol. The van der Waals surface area contributed by atoms with Crippen molar-refractivity contribution < 1.29 is 24.5 Å². The minimum atomic E-state index is -0.843. The number of ether oxygens (including phenoxy) is 1. The molecule has 0 aromatic rings. The van der Waals surface area contributed by atoms with E-state index >= 15 is 0 Å². The average Bonchev–Trinajstić information content (AvgIpc) is 3.54. The maximum absolute atomic E-state index is 12.6. The van der Waals surface area contributed by atoms with Crippen LogP contribution in [0, 0.1) is 0 Å². The second-order valence-electron chi connectivity index (χ2n) is 27.4. The van der Waals surface area contributed by atoms with Crippen molar-refractivity contribution in [2.24, 2.45) is 0 Å². The van der Waals surface area contributed by atoms with Gasteiger partial charge in [0.1, 0.15) is 0 Å². The van der Waals surface area contributed by atoms with Gasteiger partial charge in [-0.2, -0.15) is 0 Å². The highest BCUT2D eigenvalue weighted by Crippen LogP contribution is 2.20. The van der Waals surface area contributed by atoms with Crippen LogP contribution in [0.3, 0.4) is 0 Å². The molecule has 0 radical (unpaired) electrons. The van der Waals surface area contributed by atoms with E-state index in [4.69, 9.17) is 4.74 Å². The standard InChI is InChI=1S/C80H155NO5/c1-3-5-7-9-11-13-15-17-19-21-22-23-31-34-37-41-44-48-52-56-60-64-68-72-78(83)77(76-82)81-79(84)73-69-65-61-57-53-49-45-42-38-35-32-29-27-25-24-26-28-30-33-36-39-43-47-51-55-59-63-67-71-75-86-80(85)74-70-66-62-58-54-50-46-40-20-18-16-14-12-10-8-6-4-2/h18,20,68,72,77-78,82-83H,3-17,19,21-67,69-71,73-76H2,1-2H3,(H,81,84)/b20-18-,72-68+. The molecule has 2 atom stereocenters. The Labute approximate surface area is 539 Å². The fourth-order valence-corrected chi connectivity index (χ4v) is 12.7. The van der Waals surface area contributed by atoms with Gasteiger partial charge in [-0.05, 0) is 57.8 Å². The van der Waals surface area contributed by atoms with E-state index in [1.165, 1.54) is 379 Å². The molecule has 0 saturated carbocycles. The molecular weight excluding hydrogens is 1050 g/mol. The number of aliphatic hydroxyl groups is 2. The summed E-state index contributed by atoms with van der Waals surface area (Å²) in [6.07, 6.45) is 97.2. The maximum Gasteiger partial charge on any atom is 0.305 e. The lowest BCUT2D eigenvalue weighted by molar-refractivity contribution is -0.143. The largest absolute Gasteiger partial charge is 0.466 e. The third kappa shape index (κ3) is 71.4. The number of rotatable bonds is 75. The first-order chi connectivity index (χ1) is 42.5. The van der Waals surface area contributed by atoms with Crippen LogP contribution in [-0.4, -0.2) is 47.4 Å². The van der Waals surface area contributed by atoms with Crippen molar-refractivity contribution in [3.05, 3.63) is 24.3 Å². The SMILES string of the molecule is CCCCCCCC/C=C\CCCCCCCCCC(=O)OCCCCCCCCCCCCCCCCCCCCCCCCCCCCCCCC(=O)NC(CO)C(O)/C=C/CCCCCCCCCCCCCCCCCCCCCCC. The monoisotopic (exact) mass is 1210 g/mol. The van der Waals surface area contributed by atoms with Crippen molar-refractivity contribution in [3.63, 3.8) is 0 Å². The molecule has 0 saturated heterocycles. The Kier molecular flexibility index (Phi) is 74.3. The summed E-state index contributed by atoms with van der Waals surface area (Å²) >= 11 is 0. The minimum Gasteiger partial charge on any atom is -0.466 e. The highest BCUT2D eigenvalue weighted by atomic mass is 16.5. The number of hydrogen-bond acceptors (Lipinski definition) is 5. The van der Waals surface area contributed by atoms with E-state index in [1.807, 2.05) is 6.08 Å². The molecule has 0 heterocycles. The van der Waals surface area contributed by atoms with E-state index in [1.54, 1.807) is 6.08 Å². The van der Waals surface area contributed by atoms with Crippen molar-refractivity contribution in [3.8, 4) is 0 Å². The maximum atomic E-state index is 12.6. The first-order valence-electron chi connectivity index (χ1n) is 39.6. The quantitative estimate of drug-likeness (QED) is 0.0320. The molecule has 3 N–H and O–H groups in total. The highest BCUT2D eigenvalue weighted by Gasteiger charge is 2.18. The molecule has 0 aliphatic heterocycles. The summed E-state index contributed by atoms with van der Waals surface area (Å²) in [6.45, 7) is 4.95. The summed E-state index contributed by atoms with van der Waals surface area (Å²) < 4.78 is 5.51. The zero-order valence-electron chi connectivity index (χ0n) is 58.6. The number of carbonyl (C=O) groups excluding carboxylic acids is 2. The topological polar surface area (TPSA) is 95.9 Å². The number of unbranched alkanes of at least 4 members (excludes halogenated alkanes) is 62. The molecule has 510 valence electrons. The molecule has 86 heavy (non-hydrogen) atoms. The molecule has 0 bridgehead atoms. The van der Waals surface area contributed by atoms with Gasteiger partial charge in [-0.1, -0.05) is 404 Å². The second kappa shape index (κ2) is 75.8. The molecule has 1 amide bonds. The summed E-state index contributed by atoms with van der Waals surface area (Å²) in [5.41, 5.74) is 0. The number of amides is 1. The number of nitrogens with one attached hydrogen (secondary N) is 1. The van der Waals surface area contributed by atoms with Crippen molar-refractivity contribution in [2.45, 2.75) is 463 Å². The lowest BCUT2D eigenvalue weighted by atomic mass is 10.0.